The van der Waals surface area contributed by atoms with Crippen LogP contribution < -0.4 is 0 Å². The molecular formula is C11H21FO. The van der Waals surface area contributed by atoms with Gasteiger partial charge in [-0.1, -0.05) is 13.8 Å². The molecule has 0 amide bonds. The van der Waals surface area contributed by atoms with Gasteiger partial charge < -0.3 is 4.74 Å². The fraction of sp³-hybridized carbons (Fsp3) is 1.00. The van der Waals surface area contributed by atoms with Crippen molar-refractivity contribution in [3.8, 4) is 0 Å². The number of hydrogen-bond acceptors (Lipinski definition) is 1. The van der Waals surface area contributed by atoms with Crippen molar-refractivity contribution in [2.45, 2.75) is 64.8 Å². The lowest BCUT2D eigenvalue weighted by Crippen LogP contribution is -2.58. The Balaban J connectivity index is 2.60. The molecule has 0 atom stereocenters. The Morgan fingerprint density at radius 2 is 1.62 bits per heavy atom. The van der Waals surface area contributed by atoms with E-state index in [0.717, 1.165) is 0 Å². The maximum atomic E-state index is 13.4. The standard InChI is InChI=1S/C11H21FO/c1-8(2)11(13-9(3)4)6-10(5,12)7-11/h8-9H,6-7H2,1-5H3. The summed E-state index contributed by atoms with van der Waals surface area (Å²) < 4.78 is 19.3. The quantitative estimate of drug-likeness (QED) is 0.660. The normalized spacial score (nSPS) is 39.7. The van der Waals surface area contributed by atoms with Gasteiger partial charge in [-0.2, -0.15) is 0 Å². The van der Waals surface area contributed by atoms with Gasteiger partial charge in [0.05, 0.1) is 11.7 Å². The van der Waals surface area contributed by atoms with Gasteiger partial charge >= 0.3 is 0 Å². The maximum absolute atomic E-state index is 13.4. The lowest BCUT2D eigenvalue weighted by molar-refractivity contribution is -0.211. The Bertz CT molecular complexity index is 171. The molecular weight excluding hydrogens is 167 g/mol. The first-order chi connectivity index (χ1) is 5.77. The third-order valence-corrected chi connectivity index (χ3v) is 2.86. The third kappa shape index (κ3) is 2.22. The Hall–Kier alpha value is -0.110. The summed E-state index contributed by atoms with van der Waals surface area (Å²) in [7, 11) is 0. The van der Waals surface area contributed by atoms with Gasteiger partial charge in [0.25, 0.3) is 0 Å². The van der Waals surface area contributed by atoms with Crippen LogP contribution in [0.1, 0.15) is 47.5 Å². The van der Waals surface area contributed by atoms with Crippen LogP contribution in [0.2, 0.25) is 0 Å². The Labute approximate surface area is 80.7 Å². The van der Waals surface area contributed by atoms with Crippen molar-refractivity contribution in [3.63, 3.8) is 0 Å². The molecule has 2 heteroatoms. The SMILES string of the molecule is CC(C)OC1(C(C)C)CC(C)(F)C1. The number of alkyl halides is 1. The first-order valence-electron chi connectivity index (χ1n) is 5.14. The van der Waals surface area contributed by atoms with Crippen molar-refractivity contribution in [1.29, 1.82) is 0 Å². The first-order valence-corrected chi connectivity index (χ1v) is 5.14. The average molecular weight is 188 g/mol. The molecule has 1 nitrogen and oxygen atoms in total. The van der Waals surface area contributed by atoms with Crippen molar-refractivity contribution >= 4 is 0 Å². The van der Waals surface area contributed by atoms with Gasteiger partial charge in [0, 0.05) is 12.8 Å². The van der Waals surface area contributed by atoms with Crippen LogP contribution in [-0.2, 0) is 4.74 Å². The van der Waals surface area contributed by atoms with Crippen LogP contribution in [0.25, 0.3) is 0 Å². The topological polar surface area (TPSA) is 9.23 Å². The molecule has 0 aliphatic heterocycles. The van der Waals surface area contributed by atoms with Gasteiger partial charge in [0.1, 0.15) is 5.67 Å². The van der Waals surface area contributed by atoms with Crippen LogP contribution in [-0.4, -0.2) is 17.4 Å². The molecule has 78 valence electrons. The van der Waals surface area contributed by atoms with Crippen LogP contribution in [0.15, 0.2) is 0 Å². The highest BCUT2D eigenvalue weighted by Gasteiger charge is 2.55. The number of halogens is 1. The average Bonchev–Trinajstić information content (AvgIpc) is 1.80. The van der Waals surface area contributed by atoms with E-state index in [0.29, 0.717) is 18.8 Å². The van der Waals surface area contributed by atoms with Gasteiger partial charge in [-0.25, -0.2) is 4.39 Å². The maximum Gasteiger partial charge on any atom is 0.113 e. The van der Waals surface area contributed by atoms with Crippen LogP contribution in [0, 0.1) is 5.92 Å². The molecule has 1 saturated carbocycles. The van der Waals surface area contributed by atoms with Gasteiger partial charge in [-0.05, 0) is 26.7 Å². The molecule has 0 bridgehead atoms. The van der Waals surface area contributed by atoms with Gasteiger partial charge in [-0.3, -0.25) is 0 Å². The lowest BCUT2D eigenvalue weighted by atomic mass is 9.64. The summed E-state index contributed by atoms with van der Waals surface area (Å²) in [4.78, 5) is 0. The summed E-state index contributed by atoms with van der Waals surface area (Å²) in [5, 5.41) is 0. The number of rotatable bonds is 3. The monoisotopic (exact) mass is 188 g/mol. The molecule has 0 aromatic heterocycles. The van der Waals surface area contributed by atoms with Crippen molar-refractivity contribution in [2.24, 2.45) is 5.92 Å². The van der Waals surface area contributed by atoms with E-state index in [2.05, 4.69) is 13.8 Å². The summed E-state index contributed by atoms with van der Waals surface area (Å²) in [5.74, 6) is 0.402. The fourth-order valence-corrected chi connectivity index (χ4v) is 2.29. The van der Waals surface area contributed by atoms with E-state index >= 15 is 0 Å². The highest BCUT2D eigenvalue weighted by molar-refractivity contribution is 5.06. The first kappa shape index (κ1) is 11.0. The summed E-state index contributed by atoms with van der Waals surface area (Å²) in [6.07, 6.45) is 1.30. The Morgan fingerprint density at radius 1 is 1.15 bits per heavy atom. The summed E-state index contributed by atoms with van der Waals surface area (Å²) >= 11 is 0. The Kier molecular flexibility index (Phi) is 2.73. The van der Waals surface area contributed by atoms with E-state index in [1.165, 1.54) is 0 Å². The molecule has 1 rings (SSSR count). The molecule has 0 radical (unpaired) electrons. The highest BCUT2D eigenvalue weighted by atomic mass is 19.1. The van der Waals surface area contributed by atoms with Gasteiger partial charge in [0.15, 0.2) is 0 Å². The second-order valence-corrected chi connectivity index (χ2v) is 5.15. The molecule has 13 heavy (non-hydrogen) atoms. The van der Waals surface area contributed by atoms with E-state index in [-0.39, 0.29) is 11.7 Å². The second-order valence-electron chi connectivity index (χ2n) is 5.15. The number of ether oxygens (including phenoxy) is 1. The largest absolute Gasteiger partial charge is 0.372 e. The molecule has 0 spiro atoms. The molecule has 0 N–H and O–H groups in total. The zero-order valence-electron chi connectivity index (χ0n) is 9.36. The summed E-state index contributed by atoms with van der Waals surface area (Å²) in [6.45, 7) is 9.91. The Morgan fingerprint density at radius 3 is 1.85 bits per heavy atom. The fourth-order valence-electron chi connectivity index (χ4n) is 2.29. The molecule has 1 fully saturated rings. The molecule has 1 aliphatic carbocycles. The number of hydrogen-bond donors (Lipinski definition) is 0. The van der Waals surface area contributed by atoms with E-state index in [1.54, 1.807) is 6.92 Å². The van der Waals surface area contributed by atoms with Crippen LogP contribution in [0.4, 0.5) is 4.39 Å². The minimum atomic E-state index is -1.00. The zero-order valence-corrected chi connectivity index (χ0v) is 9.36. The van der Waals surface area contributed by atoms with E-state index in [9.17, 15) is 4.39 Å². The zero-order chi connectivity index (χ0) is 10.3. The van der Waals surface area contributed by atoms with Gasteiger partial charge in [0.2, 0.25) is 0 Å². The second kappa shape index (κ2) is 3.23. The van der Waals surface area contributed by atoms with Crippen molar-refractivity contribution in [3.05, 3.63) is 0 Å². The molecule has 0 aromatic rings. The molecule has 0 heterocycles. The van der Waals surface area contributed by atoms with Crippen molar-refractivity contribution < 1.29 is 9.13 Å². The van der Waals surface area contributed by atoms with Crippen LogP contribution in [0.3, 0.4) is 0 Å². The van der Waals surface area contributed by atoms with Crippen molar-refractivity contribution in [1.82, 2.24) is 0 Å². The van der Waals surface area contributed by atoms with Crippen LogP contribution >= 0.6 is 0 Å². The van der Waals surface area contributed by atoms with Crippen molar-refractivity contribution in [2.75, 3.05) is 0 Å². The predicted octanol–water partition coefficient (Wildman–Crippen LogP) is 3.33. The molecule has 0 unspecified atom stereocenters. The molecule has 1 aliphatic rings. The minimum absolute atomic E-state index is 0.193. The smallest absolute Gasteiger partial charge is 0.113 e. The molecule has 0 aromatic carbocycles. The van der Waals surface area contributed by atoms with Gasteiger partial charge in [-0.15, -0.1) is 0 Å². The third-order valence-electron chi connectivity index (χ3n) is 2.86. The van der Waals surface area contributed by atoms with E-state index < -0.39 is 5.67 Å². The van der Waals surface area contributed by atoms with E-state index in [4.69, 9.17) is 4.74 Å². The summed E-state index contributed by atoms with van der Waals surface area (Å²) in [5.41, 5.74) is -1.20. The van der Waals surface area contributed by atoms with E-state index in [1.807, 2.05) is 13.8 Å². The minimum Gasteiger partial charge on any atom is -0.372 e. The highest BCUT2D eigenvalue weighted by Crippen LogP contribution is 2.51. The van der Waals surface area contributed by atoms with Crippen LogP contribution in [0.5, 0.6) is 0 Å². The molecule has 0 saturated heterocycles. The predicted molar refractivity (Wildman–Crippen MR) is 52.5 cm³/mol. The summed E-state index contributed by atoms with van der Waals surface area (Å²) in [6, 6.07) is 0. The lowest BCUT2D eigenvalue weighted by Gasteiger charge is -2.53.